The maximum atomic E-state index is 12.0. The number of benzene rings is 1. The molecular formula is C15H16O4. The summed E-state index contributed by atoms with van der Waals surface area (Å²) in [5, 5.41) is 0. The predicted molar refractivity (Wildman–Crippen MR) is 67.4 cm³/mol. The molecule has 0 bridgehead atoms. The molecule has 4 nitrogen and oxygen atoms in total. The van der Waals surface area contributed by atoms with Crippen molar-refractivity contribution in [2.45, 2.75) is 32.0 Å². The van der Waals surface area contributed by atoms with Gasteiger partial charge in [-0.2, -0.15) is 0 Å². The first-order valence-corrected chi connectivity index (χ1v) is 6.60. The average molecular weight is 260 g/mol. The van der Waals surface area contributed by atoms with E-state index >= 15 is 0 Å². The third kappa shape index (κ3) is 2.23. The molecule has 0 N–H and O–H groups in total. The zero-order chi connectivity index (χ0) is 13.4. The zero-order valence-electron chi connectivity index (χ0n) is 10.7. The van der Waals surface area contributed by atoms with Gasteiger partial charge in [0, 0.05) is 18.3 Å². The minimum Gasteiger partial charge on any atom is -0.462 e. The Morgan fingerprint density at radius 2 is 2.05 bits per heavy atom. The van der Waals surface area contributed by atoms with Gasteiger partial charge in [-0.1, -0.05) is 25.1 Å². The van der Waals surface area contributed by atoms with E-state index in [9.17, 15) is 9.59 Å². The van der Waals surface area contributed by atoms with Crippen molar-refractivity contribution >= 4 is 11.9 Å². The summed E-state index contributed by atoms with van der Waals surface area (Å²) in [6.45, 7) is 2.02. The normalized spacial score (nSPS) is 32.8. The molecule has 3 rings (SSSR count). The van der Waals surface area contributed by atoms with Gasteiger partial charge in [-0.15, -0.1) is 0 Å². The van der Waals surface area contributed by atoms with Crippen molar-refractivity contribution in [2.24, 2.45) is 11.8 Å². The lowest BCUT2D eigenvalue weighted by molar-refractivity contribution is -0.141. The van der Waals surface area contributed by atoms with Crippen molar-refractivity contribution in [3.63, 3.8) is 0 Å². The highest BCUT2D eigenvalue weighted by atomic mass is 16.6. The van der Waals surface area contributed by atoms with Crippen molar-refractivity contribution in [2.75, 3.05) is 0 Å². The number of hydrogen-bond donors (Lipinski definition) is 0. The number of carbonyl (C=O) groups excluding carboxylic acids is 2. The van der Waals surface area contributed by atoms with Crippen LogP contribution in [0.25, 0.3) is 0 Å². The van der Waals surface area contributed by atoms with Crippen molar-refractivity contribution in [3.05, 3.63) is 35.9 Å². The second kappa shape index (κ2) is 4.68. The number of carbonyl (C=O) groups is 2. The highest BCUT2D eigenvalue weighted by molar-refractivity contribution is 5.89. The second-order valence-electron chi connectivity index (χ2n) is 5.30. The molecule has 2 fully saturated rings. The number of rotatable bonds is 2. The molecule has 1 aromatic rings. The van der Waals surface area contributed by atoms with E-state index in [1.165, 1.54) is 0 Å². The van der Waals surface area contributed by atoms with E-state index in [1.54, 1.807) is 12.1 Å². The van der Waals surface area contributed by atoms with Crippen molar-refractivity contribution in [3.8, 4) is 0 Å². The van der Waals surface area contributed by atoms with Crippen molar-refractivity contribution in [1.82, 2.24) is 0 Å². The minimum atomic E-state index is -0.302. The molecule has 1 aromatic carbocycles. The van der Waals surface area contributed by atoms with Gasteiger partial charge in [0.25, 0.3) is 0 Å². The summed E-state index contributed by atoms with van der Waals surface area (Å²) in [6, 6.07) is 8.96. The van der Waals surface area contributed by atoms with E-state index in [1.807, 2.05) is 25.1 Å². The van der Waals surface area contributed by atoms with Gasteiger partial charge in [-0.25, -0.2) is 4.79 Å². The molecule has 4 atom stereocenters. The Balaban J connectivity index is 1.66. The van der Waals surface area contributed by atoms with Gasteiger partial charge in [0.05, 0.1) is 12.0 Å². The van der Waals surface area contributed by atoms with Crippen LogP contribution in [0.2, 0.25) is 0 Å². The molecule has 1 aliphatic heterocycles. The van der Waals surface area contributed by atoms with Gasteiger partial charge in [0.1, 0.15) is 12.2 Å². The molecule has 19 heavy (non-hydrogen) atoms. The maximum absolute atomic E-state index is 12.0. The largest absolute Gasteiger partial charge is 0.462 e. The average Bonchev–Trinajstić information content (AvgIpc) is 2.90. The monoisotopic (exact) mass is 260 g/mol. The molecule has 1 saturated heterocycles. The summed E-state index contributed by atoms with van der Waals surface area (Å²) < 4.78 is 10.8. The molecule has 4 heteroatoms. The fourth-order valence-corrected chi connectivity index (χ4v) is 3.03. The first kappa shape index (κ1) is 12.2. The lowest BCUT2D eigenvalue weighted by atomic mass is 9.94. The van der Waals surface area contributed by atoms with Crippen molar-refractivity contribution in [1.29, 1.82) is 0 Å². The van der Waals surface area contributed by atoms with E-state index in [2.05, 4.69) is 0 Å². The van der Waals surface area contributed by atoms with E-state index < -0.39 is 0 Å². The van der Waals surface area contributed by atoms with Crippen LogP contribution in [0.1, 0.15) is 30.1 Å². The van der Waals surface area contributed by atoms with Gasteiger partial charge < -0.3 is 9.47 Å². The van der Waals surface area contributed by atoms with E-state index in [4.69, 9.17) is 9.47 Å². The Hall–Kier alpha value is -1.84. The van der Waals surface area contributed by atoms with Crippen LogP contribution in [0.5, 0.6) is 0 Å². The fraction of sp³-hybridized carbons (Fsp3) is 0.467. The van der Waals surface area contributed by atoms with Gasteiger partial charge in [-0.05, 0) is 12.1 Å². The smallest absolute Gasteiger partial charge is 0.338 e. The highest BCUT2D eigenvalue weighted by Gasteiger charge is 2.49. The molecule has 2 aliphatic rings. The molecule has 100 valence electrons. The Morgan fingerprint density at radius 1 is 1.32 bits per heavy atom. The van der Waals surface area contributed by atoms with Crippen LogP contribution < -0.4 is 0 Å². The summed E-state index contributed by atoms with van der Waals surface area (Å²) in [4.78, 5) is 23.2. The second-order valence-corrected chi connectivity index (χ2v) is 5.30. The molecule has 0 amide bonds. The van der Waals surface area contributed by atoms with Gasteiger partial charge in [0.15, 0.2) is 0 Å². The van der Waals surface area contributed by atoms with E-state index in [-0.39, 0.29) is 36.0 Å². The zero-order valence-corrected chi connectivity index (χ0v) is 10.7. The number of fused-ring (bicyclic) bond motifs is 1. The van der Waals surface area contributed by atoms with Crippen LogP contribution in [0.15, 0.2) is 30.3 Å². The maximum Gasteiger partial charge on any atom is 0.338 e. The summed E-state index contributed by atoms with van der Waals surface area (Å²) >= 11 is 0. The molecule has 0 unspecified atom stereocenters. The molecule has 0 radical (unpaired) electrons. The topological polar surface area (TPSA) is 52.6 Å². The Labute approximate surface area is 111 Å². The van der Waals surface area contributed by atoms with Crippen LogP contribution in [0, 0.1) is 11.8 Å². The fourth-order valence-electron chi connectivity index (χ4n) is 3.03. The summed E-state index contributed by atoms with van der Waals surface area (Å²) in [6.07, 6.45) is 0.841. The van der Waals surface area contributed by atoms with Crippen LogP contribution in [-0.4, -0.2) is 24.1 Å². The standard InChI is InChI=1S/C15H16O4/c1-9-11-7-14(16)18-13(11)8-12(9)19-15(17)10-5-3-2-4-6-10/h2-6,9,11-13H,7-8H2,1H3/t9-,11+,12+,13-/m0/s1. The lowest BCUT2D eigenvalue weighted by Gasteiger charge is -2.18. The summed E-state index contributed by atoms with van der Waals surface area (Å²) in [5.74, 6) is -0.0661. The molecule has 0 spiro atoms. The van der Waals surface area contributed by atoms with Crippen LogP contribution in [-0.2, 0) is 14.3 Å². The third-order valence-corrected chi connectivity index (χ3v) is 4.16. The molecular weight excluding hydrogens is 244 g/mol. The molecule has 1 aliphatic carbocycles. The third-order valence-electron chi connectivity index (χ3n) is 4.16. The lowest BCUT2D eigenvalue weighted by Crippen LogP contribution is -2.23. The Bertz CT molecular complexity index is 496. The quantitative estimate of drug-likeness (QED) is 0.765. The van der Waals surface area contributed by atoms with Crippen LogP contribution >= 0.6 is 0 Å². The number of ether oxygens (including phenoxy) is 2. The first-order valence-electron chi connectivity index (χ1n) is 6.60. The van der Waals surface area contributed by atoms with Gasteiger partial charge in [0.2, 0.25) is 0 Å². The predicted octanol–water partition coefficient (Wildman–Crippen LogP) is 2.18. The Kier molecular flexibility index (Phi) is 3.01. The summed E-state index contributed by atoms with van der Waals surface area (Å²) in [5.41, 5.74) is 0.559. The van der Waals surface area contributed by atoms with E-state index in [0.29, 0.717) is 18.4 Å². The van der Waals surface area contributed by atoms with Crippen LogP contribution in [0.4, 0.5) is 0 Å². The number of esters is 2. The Morgan fingerprint density at radius 3 is 2.74 bits per heavy atom. The van der Waals surface area contributed by atoms with Crippen LogP contribution in [0.3, 0.4) is 0 Å². The van der Waals surface area contributed by atoms with Crippen molar-refractivity contribution < 1.29 is 19.1 Å². The summed E-state index contributed by atoms with van der Waals surface area (Å²) in [7, 11) is 0. The first-order chi connectivity index (χ1) is 9.15. The minimum absolute atomic E-state index is 0.0731. The van der Waals surface area contributed by atoms with E-state index in [0.717, 1.165) is 0 Å². The number of hydrogen-bond acceptors (Lipinski definition) is 4. The van der Waals surface area contributed by atoms with Gasteiger partial charge >= 0.3 is 11.9 Å². The SMILES string of the molecule is C[C@H]1[C@H]2CC(=O)O[C@H]2C[C@H]1OC(=O)c1ccccc1. The molecule has 1 heterocycles. The van der Waals surface area contributed by atoms with Gasteiger partial charge in [-0.3, -0.25) is 4.79 Å². The molecule has 0 aromatic heterocycles. The highest BCUT2D eigenvalue weighted by Crippen LogP contribution is 2.42. The molecule has 1 saturated carbocycles.